The maximum atomic E-state index is 11.5. The van der Waals surface area contributed by atoms with E-state index in [-0.39, 0.29) is 12.1 Å². The van der Waals surface area contributed by atoms with Crippen molar-refractivity contribution in [1.82, 2.24) is 0 Å². The molecule has 0 aromatic carbocycles. The normalized spacial score (nSPS) is 16.6. The van der Waals surface area contributed by atoms with Crippen LogP contribution in [-0.2, 0) is 9.53 Å². The molecule has 0 amide bonds. The van der Waals surface area contributed by atoms with Crippen molar-refractivity contribution < 1.29 is 9.53 Å². The summed E-state index contributed by atoms with van der Waals surface area (Å²) in [7, 11) is 0. The van der Waals surface area contributed by atoms with Crippen molar-refractivity contribution in [3.63, 3.8) is 0 Å². The fraction of sp³-hybridized carbons (Fsp3) is 0.857. The first-order valence-electron chi connectivity index (χ1n) is 6.81. The second-order valence-electron chi connectivity index (χ2n) is 4.77. The molecule has 0 N–H and O–H groups in total. The molecule has 1 rings (SSSR count). The molecule has 0 atom stereocenters. The Labute approximate surface area is 99.8 Å². The quantitative estimate of drug-likeness (QED) is 0.460. The fourth-order valence-electron chi connectivity index (χ4n) is 2.23. The van der Waals surface area contributed by atoms with E-state index in [9.17, 15) is 4.79 Å². The molecule has 0 spiro atoms. The lowest BCUT2D eigenvalue weighted by Gasteiger charge is -2.10. The first kappa shape index (κ1) is 13.5. The van der Waals surface area contributed by atoms with E-state index in [0.29, 0.717) is 6.42 Å². The molecule has 16 heavy (non-hydrogen) atoms. The van der Waals surface area contributed by atoms with Gasteiger partial charge in [-0.3, -0.25) is 4.79 Å². The number of esters is 1. The topological polar surface area (TPSA) is 26.3 Å². The Bertz CT molecular complexity index is 183. The molecule has 2 heteroatoms. The van der Waals surface area contributed by atoms with Gasteiger partial charge in [-0.25, -0.2) is 0 Å². The summed E-state index contributed by atoms with van der Waals surface area (Å²) in [5, 5.41) is 0. The Morgan fingerprint density at radius 3 is 2.38 bits per heavy atom. The molecule has 1 saturated carbocycles. The van der Waals surface area contributed by atoms with Gasteiger partial charge in [-0.1, -0.05) is 39.0 Å². The lowest BCUT2D eigenvalue weighted by Crippen LogP contribution is -2.14. The van der Waals surface area contributed by atoms with Gasteiger partial charge in [0.25, 0.3) is 0 Å². The van der Waals surface area contributed by atoms with Gasteiger partial charge in [-0.05, 0) is 32.1 Å². The third-order valence-corrected chi connectivity index (χ3v) is 3.23. The van der Waals surface area contributed by atoms with Crippen LogP contribution in [0.1, 0.15) is 70.6 Å². The number of ether oxygens (including phenoxy) is 1. The molecular weight excluding hydrogens is 200 g/mol. The average Bonchev–Trinajstić information content (AvgIpc) is 2.76. The summed E-state index contributed by atoms with van der Waals surface area (Å²) in [6.07, 6.45) is 12.3. The summed E-state index contributed by atoms with van der Waals surface area (Å²) >= 11 is 0. The summed E-state index contributed by atoms with van der Waals surface area (Å²) < 4.78 is 5.39. The molecule has 1 aliphatic carbocycles. The molecule has 0 heterocycles. The standard InChI is InChI=1S/C14H25O2/c1-2-3-4-5-6-7-12-14(15)16-13-10-8-9-11-13/h13H,1-12H2. The minimum atomic E-state index is 0.0176. The van der Waals surface area contributed by atoms with E-state index >= 15 is 0 Å². The Morgan fingerprint density at radius 1 is 1.06 bits per heavy atom. The van der Waals surface area contributed by atoms with Crippen molar-refractivity contribution >= 4 is 5.97 Å². The highest BCUT2D eigenvalue weighted by molar-refractivity contribution is 5.69. The number of carbonyl (C=O) groups is 1. The number of carbonyl (C=O) groups excluding carboxylic acids is 1. The van der Waals surface area contributed by atoms with Crippen LogP contribution in [0.4, 0.5) is 0 Å². The first-order chi connectivity index (χ1) is 7.83. The first-order valence-corrected chi connectivity index (χ1v) is 6.81. The predicted octanol–water partition coefficient (Wildman–Crippen LogP) is 4.04. The Morgan fingerprint density at radius 2 is 1.69 bits per heavy atom. The van der Waals surface area contributed by atoms with Crippen LogP contribution in [0.15, 0.2) is 0 Å². The third kappa shape index (κ3) is 6.14. The summed E-state index contributed by atoms with van der Waals surface area (Å²) in [6.45, 7) is 3.81. The molecule has 0 aliphatic heterocycles. The van der Waals surface area contributed by atoms with Gasteiger partial charge < -0.3 is 4.74 Å². The third-order valence-electron chi connectivity index (χ3n) is 3.23. The molecule has 0 unspecified atom stereocenters. The maximum absolute atomic E-state index is 11.5. The monoisotopic (exact) mass is 225 g/mol. The fourth-order valence-corrected chi connectivity index (χ4v) is 2.23. The molecule has 1 fully saturated rings. The Kier molecular flexibility index (Phi) is 7.28. The maximum Gasteiger partial charge on any atom is 0.306 e. The van der Waals surface area contributed by atoms with Gasteiger partial charge in [-0.2, -0.15) is 0 Å². The van der Waals surface area contributed by atoms with Crippen molar-refractivity contribution in [3.05, 3.63) is 6.92 Å². The zero-order valence-corrected chi connectivity index (χ0v) is 10.4. The van der Waals surface area contributed by atoms with Crippen LogP contribution >= 0.6 is 0 Å². The number of rotatable bonds is 8. The highest BCUT2D eigenvalue weighted by atomic mass is 16.5. The zero-order valence-electron chi connectivity index (χ0n) is 10.4. The lowest BCUT2D eigenvalue weighted by atomic mass is 10.1. The van der Waals surface area contributed by atoms with Crippen LogP contribution in [0.25, 0.3) is 0 Å². The van der Waals surface area contributed by atoms with Gasteiger partial charge in [0.05, 0.1) is 0 Å². The number of unbranched alkanes of at least 4 members (excludes halogenated alkanes) is 5. The van der Waals surface area contributed by atoms with E-state index < -0.39 is 0 Å². The van der Waals surface area contributed by atoms with Crippen molar-refractivity contribution in [3.8, 4) is 0 Å². The smallest absolute Gasteiger partial charge is 0.306 e. The van der Waals surface area contributed by atoms with Crippen molar-refractivity contribution in [2.45, 2.75) is 76.7 Å². The minimum absolute atomic E-state index is 0.0176. The second-order valence-corrected chi connectivity index (χ2v) is 4.77. The van der Waals surface area contributed by atoms with Crippen LogP contribution in [0.3, 0.4) is 0 Å². The Balaban J connectivity index is 1.89. The van der Waals surface area contributed by atoms with Crippen LogP contribution in [-0.4, -0.2) is 12.1 Å². The summed E-state index contributed by atoms with van der Waals surface area (Å²) in [4.78, 5) is 11.5. The van der Waals surface area contributed by atoms with E-state index in [1.54, 1.807) is 0 Å². The van der Waals surface area contributed by atoms with E-state index in [2.05, 4.69) is 6.92 Å². The van der Waals surface area contributed by atoms with Gasteiger partial charge in [0.2, 0.25) is 0 Å². The summed E-state index contributed by atoms with van der Waals surface area (Å²) in [6, 6.07) is 0. The highest BCUT2D eigenvalue weighted by Crippen LogP contribution is 2.21. The van der Waals surface area contributed by atoms with Crippen LogP contribution < -0.4 is 0 Å². The molecule has 2 nitrogen and oxygen atoms in total. The largest absolute Gasteiger partial charge is 0.462 e. The van der Waals surface area contributed by atoms with E-state index in [0.717, 1.165) is 32.1 Å². The summed E-state index contributed by atoms with van der Waals surface area (Å²) in [5.41, 5.74) is 0. The number of hydrogen-bond donors (Lipinski definition) is 0. The SMILES string of the molecule is [CH2]CCCCCCCC(=O)OC1CCCC1. The van der Waals surface area contributed by atoms with Gasteiger partial charge in [-0.15, -0.1) is 0 Å². The molecule has 0 aromatic rings. The lowest BCUT2D eigenvalue weighted by molar-refractivity contribution is -0.148. The van der Waals surface area contributed by atoms with Crippen LogP contribution in [0.5, 0.6) is 0 Å². The molecule has 93 valence electrons. The van der Waals surface area contributed by atoms with Gasteiger partial charge in [0, 0.05) is 6.42 Å². The van der Waals surface area contributed by atoms with Gasteiger partial charge >= 0.3 is 5.97 Å². The van der Waals surface area contributed by atoms with Crippen molar-refractivity contribution in [1.29, 1.82) is 0 Å². The summed E-state index contributed by atoms with van der Waals surface area (Å²) in [5.74, 6) is 0.0176. The molecular formula is C14H25O2. The molecule has 0 bridgehead atoms. The van der Waals surface area contributed by atoms with Crippen LogP contribution in [0, 0.1) is 6.92 Å². The van der Waals surface area contributed by atoms with Gasteiger partial charge in [0.1, 0.15) is 6.10 Å². The van der Waals surface area contributed by atoms with E-state index in [4.69, 9.17) is 4.74 Å². The van der Waals surface area contributed by atoms with Gasteiger partial charge in [0.15, 0.2) is 0 Å². The molecule has 0 saturated heterocycles. The molecule has 1 radical (unpaired) electrons. The van der Waals surface area contributed by atoms with Crippen LogP contribution in [0.2, 0.25) is 0 Å². The van der Waals surface area contributed by atoms with Crippen molar-refractivity contribution in [2.75, 3.05) is 0 Å². The molecule has 1 aliphatic rings. The Hall–Kier alpha value is -0.530. The average molecular weight is 225 g/mol. The van der Waals surface area contributed by atoms with E-state index in [1.165, 1.54) is 32.1 Å². The highest BCUT2D eigenvalue weighted by Gasteiger charge is 2.18. The second kappa shape index (κ2) is 8.60. The van der Waals surface area contributed by atoms with E-state index in [1.807, 2.05) is 0 Å². The predicted molar refractivity (Wildman–Crippen MR) is 66.0 cm³/mol. The minimum Gasteiger partial charge on any atom is -0.462 e. The number of hydrogen-bond acceptors (Lipinski definition) is 2. The zero-order chi connectivity index (χ0) is 11.6. The van der Waals surface area contributed by atoms with Crippen molar-refractivity contribution in [2.24, 2.45) is 0 Å². The molecule has 0 aromatic heterocycles.